The van der Waals surface area contributed by atoms with Crippen LogP contribution in [0.3, 0.4) is 0 Å². The summed E-state index contributed by atoms with van der Waals surface area (Å²) in [4.78, 5) is 29.1. The average molecular weight is 463 g/mol. The first-order valence-corrected chi connectivity index (χ1v) is 11.0. The molecule has 2 aliphatic rings. The lowest BCUT2D eigenvalue weighted by Crippen LogP contribution is -2.41. The summed E-state index contributed by atoms with van der Waals surface area (Å²) in [5.41, 5.74) is 0.332. The second kappa shape index (κ2) is 9.41. The zero-order valence-electron chi connectivity index (χ0n) is 18.0. The van der Waals surface area contributed by atoms with Crippen molar-refractivity contribution in [1.29, 1.82) is 0 Å². The van der Waals surface area contributed by atoms with Gasteiger partial charge in [-0.2, -0.15) is 13.2 Å². The molecular formula is C24H25F4N3O2. The van der Waals surface area contributed by atoms with Crippen molar-refractivity contribution in [2.75, 3.05) is 36.4 Å². The van der Waals surface area contributed by atoms with Crippen molar-refractivity contribution in [3.05, 3.63) is 59.4 Å². The number of halogens is 4. The quantitative estimate of drug-likeness (QED) is 0.654. The molecule has 9 heteroatoms. The molecule has 0 unspecified atom stereocenters. The number of hydrogen-bond acceptors (Lipinski definition) is 3. The van der Waals surface area contributed by atoms with Gasteiger partial charge in [0.05, 0.1) is 16.9 Å². The Morgan fingerprint density at radius 3 is 2.15 bits per heavy atom. The van der Waals surface area contributed by atoms with Gasteiger partial charge in [0, 0.05) is 37.7 Å². The summed E-state index contributed by atoms with van der Waals surface area (Å²) in [6, 6.07) is 8.75. The number of alkyl halides is 3. The van der Waals surface area contributed by atoms with Crippen LogP contribution in [0.25, 0.3) is 0 Å². The molecule has 176 valence electrons. The predicted octanol–water partition coefficient (Wildman–Crippen LogP) is 4.94. The lowest BCUT2D eigenvalue weighted by molar-refractivity contribution is -0.137. The van der Waals surface area contributed by atoms with Crippen molar-refractivity contribution in [1.82, 2.24) is 4.90 Å². The first kappa shape index (κ1) is 23.1. The number of nitrogens with zero attached hydrogens (tertiary/aromatic N) is 2. The highest BCUT2D eigenvalue weighted by Gasteiger charge is 2.33. The maximum Gasteiger partial charge on any atom is 0.416 e. The molecule has 0 atom stereocenters. The number of likely N-dealkylation sites (tertiary alicyclic amines) is 1. The van der Waals surface area contributed by atoms with Crippen LogP contribution in [-0.2, 0) is 11.0 Å². The molecule has 33 heavy (non-hydrogen) atoms. The summed E-state index contributed by atoms with van der Waals surface area (Å²) in [6.45, 7) is 2.15. The lowest BCUT2D eigenvalue weighted by Gasteiger charge is -2.32. The van der Waals surface area contributed by atoms with Crippen LogP contribution in [0.5, 0.6) is 0 Å². The number of amides is 2. The van der Waals surface area contributed by atoms with Crippen LogP contribution in [0.2, 0.25) is 0 Å². The van der Waals surface area contributed by atoms with Gasteiger partial charge in [0.1, 0.15) is 5.82 Å². The van der Waals surface area contributed by atoms with E-state index in [-0.39, 0.29) is 17.5 Å². The molecule has 0 aromatic heterocycles. The van der Waals surface area contributed by atoms with E-state index in [1.165, 1.54) is 30.3 Å². The zero-order valence-corrected chi connectivity index (χ0v) is 18.0. The fraction of sp³-hybridized carbons (Fsp3) is 0.417. The Morgan fingerprint density at radius 2 is 1.55 bits per heavy atom. The number of benzene rings is 2. The van der Waals surface area contributed by atoms with E-state index in [0.29, 0.717) is 37.2 Å². The minimum atomic E-state index is -4.50. The second-order valence-corrected chi connectivity index (χ2v) is 8.49. The Balaban J connectivity index is 1.43. The van der Waals surface area contributed by atoms with Gasteiger partial charge < -0.3 is 15.1 Å². The van der Waals surface area contributed by atoms with Crippen LogP contribution in [-0.4, -0.2) is 42.9 Å². The van der Waals surface area contributed by atoms with Gasteiger partial charge in [0.15, 0.2) is 0 Å². The lowest BCUT2D eigenvalue weighted by atomic mass is 9.95. The van der Waals surface area contributed by atoms with E-state index in [0.717, 1.165) is 38.1 Å². The number of rotatable bonds is 4. The predicted molar refractivity (Wildman–Crippen MR) is 117 cm³/mol. The van der Waals surface area contributed by atoms with Crippen molar-refractivity contribution in [3.8, 4) is 0 Å². The Kier molecular flexibility index (Phi) is 6.58. The van der Waals surface area contributed by atoms with Gasteiger partial charge in [-0.1, -0.05) is 0 Å². The van der Waals surface area contributed by atoms with Crippen LogP contribution < -0.4 is 10.2 Å². The SMILES string of the molecule is O=C(Nc1cc(C(F)(F)F)ccc1N1CCCC1)C1CCN(C(=O)c2ccc(F)cc2)CC1. The molecule has 2 aromatic rings. The highest BCUT2D eigenvalue weighted by molar-refractivity contribution is 5.97. The fourth-order valence-corrected chi connectivity index (χ4v) is 4.40. The Morgan fingerprint density at radius 1 is 0.909 bits per heavy atom. The first-order chi connectivity index (χ1) is 15.7. The van der Waals surface area contributed by atoms with E-state index >= 15 is 0 Å². The van der Waals surface area contributed by atoms with Gasteiger partial charge in [-0.15, -0.1) is 0 Å². The molecule has 0 bridgehead atoms. The van der Waals surface area contributed by atoms with Crippen molar-refractivity contribution >= 4 is 23.2 Å². The second-order valence-electron chi connectivity index (χ2n) is 8.49. The third kappa shape index (κ3) is 5.29. The molecule has 1 N–H and O–H groups in total. The fourth-order valence-electron chi connectivity index (χ4n) is 4.40. The third-order valence-electron chi connectivity index (χ3n) is 6.27. The normalized spacial score (nSPS) is 17.3. The van der Waals surface area contributed by atoms with E-state index < -0.39 is 23.5 Å². The van der Waals surface area contributed by atoms with Crippen LogP contribution >= 0.6 is 0 Å². The number of carbonyl (C=O) groups excluding carboxylic acids is 2. The van der Waals surface area contributed by atoms with E-state index in [4.69, 9.17) is 0 Å². The van der Waals surface area contributed by atoms with E-state index in [1.54, 1.807) is 4.90 Å². The number of hydrogen-bond donors (Lipinski definition) is 1. The molecular weight excluding hydrogens is 438 g/mol. The molecule has 0 spiro atoms. The summed E-state index contributed by atoms with van der Waals surface area (Å²) in [7, 11) is 0. The molecule has 0 radical (unpaired) electrons. The van der Waals surface area contributed by atoms with Crippen LogP contribution in [0.1, 0.15) is 41.6 Å². The third-order valence-corrected chi connectivity index (χ3v) is 6.27. The standard InChI is InChI=1S/C24H25F4N3O2/c25-19-6-3-17(4-7-19)23(33)31-13-9-16(10-14-31)22(32)29-20-15-18(24(26,27)28)5-8-21(20)30-11-1-2-12-30/h3-8,15-16H,1-2,9-14H2,(H,29,32). The Labute approximate surface area is 189 Å². The van der Waals surface area contributed by atoms with Crippen molar-refractivity contribution in [2.45, 2.75) is 31.9 Å². The van der Waals surface area contributed by atoms with E-state index in [9.17, 15) is 27.2 Å². The average Bonchev–Trinajstić information content (AvgIpc) is 3.33. The van der Waals surface area contributed by atoms with E-state index in [1.807, 2.05) is 4.90 Å². The first-order valence-electron chi connectivity index (χ1n) is 11.0. The number of anilines is 2. The highest BCUT2D eigenvalue weighted by atomic mass is 19.4. The summed E-state index contributed by atoms with van der Waals surface area (Å²) in [5.74, 6) is -1.42. The number of piperidine rings is 1. The molecule has 2 heterocycles. The van der Waals surface area contributed by atoms with E-state index in [2.05, 4.69) is 5.32 Å². The monoisotopic (exact) mass is 463 g/mol. The Bertz CT molecular complexity index is 1010. The van der Waals surface area contributed by atoms with Crippen molar-refractivity contribution < 1.29 is 27.2 Å². The van der Waals surface area contributed by atoms with Gasteiger partial charge in [0.25, 0.3) is 5.91 Å². The topological polar surface area (TPSA) is 52.7 Å². The molecule has 2 fully saturated rings. The summed E-state index contributed by atoms with van der Waals surface area (Å²) < 4.78 is 52.9. The maximum atomic E-state index is 13.3. The van der Waals surface area contributed by atoms with Crippen molar-refractivity contribution in [2.24, 2.45) is 5.92 Å². The molecule has 0 aliphatic carbocycles. The van der Waals surface area contributed by atoms with Crippen molar-refractivity contribution in [3.63, 3.8) is 0 Å². The smallest absolute Gasteiger partial charge is 0.370 e. The number of carbonyl (C=O) groups is 2. The largest absolute Gasteiger partial charge is 0.416 e. The molecule has 2 amide bonds. The molecule has 5 nitrogen and oxygen atoms in total. The zero-order chi connectivity index (χ0) is 23.6. The molecule has 2 saturated heterocycles. The van der Waals surface area contributed by atoms with Gasteiger partial charge >= 0.3 is 6.18 Å². The van der Waals surface area contributed by atoms with Gasteiger partial charge in [0.2, 0.25) is 5.91 Å². The minimum Gasteiger partial charge on any atom is -0.370 e. The maximum absolute atomic E-state index is 13.3. The van der Waals surface area contributed by atoms with Crippen LogP contribution in [0.4, 0.5) is 28.9 Å². The summed E-state index contributed by atoms with van der Waals surface area (Å²) in [6.07, 6.45) is -1.80. The summed E-state index contributed by atoms with van der Waals surface area (Å²) in [5, 5.41) is 2.73. The van der Waals surface area contributed by atoms with Gasteiger partial charge in [-0.05, 0) is 68.1 Å². The van der Waals surface area contributed by atoms with Gasteiger partial charge in [-0.3, -0.25) is 9.59 Å². The molecule has 0 saturated carbocycles. The summed E-state index contributed by atoms with van der Waals surface area (Å²) >= 11 is 0. The number of nitrogens with one attached hydrogen (secondary N) is 1. The molecule has 2 aliphatic heterocycles. The Hall–Kier alpha value is -3.10. The van der Waals surface area contributed by atoms with Crippen LogP contribution in [0, 0.1) is 11.7 Å². The molecule has 2 aromatic carbocycles. The molecule has 4 rings (SSSR count). The highest BCUT2D eigenvalue weighted by Crippen LogP contribution is 2.37. The minimum absolute atomic E-state index is 0.168. The van der Waals surface area contributed by atoms with Crippen LogP contribution in [0.15, 0.2) is 42.5 Å². The van der Waals surface area contributed by atoms with Gasteiger partial charge in [-0.25, -0.2) is 4.39 Å².